The molecule has 200 valence electrons. The van der Waals surface area contributed by atoms with Crippen molar-refractivity contribution in [1.29, 1.82) is 0 Å². The third kappa shape index (κ3) is 5.60. The topological polar surface area (TPSA) is 79.1 Å². The molecule has 0 fully saturated rings. The molecule has 0 N–H and O–H groups in total. The van der Waals surface area contributed by atoms with Gasteiger partial charge in [-0.05, 0) is 80.4 Å². The molecule has 0 bridgehead atoms. The summed E-state index contributed by atoms with van der Waals surface area (Å²) >= 11 is 11.2. The van der Waals surface area contributed by atoms with Crippen LogP contribution < -0.4 is 24.4 Å². The summed E-state index contributed by atoms with van der Waals surface area (Å²) in [6.45, 7) is 9.90. The van der Waals surface area contributed by atoms with Crippen LogP contribution in [0.3, 0.4) is 0 Å². The van der Waals surface area contributed by atoms with Crippen molar-refractivity contribution < 1.29 is 19.0 Å². The maximum absolute atomic E-state index is 13.9. The molecule has 38 heavy (non-hydrogen) atoms. The van der Waals surface area contributed by atoms with Crippen molar-refractivity contribution in [3.8, 4) is 11.5 Å². The van der Waals surface area contributed by atoms with Crippen molar-refractivity contribution in [2.45, 2.75) is 46.8 Å². The van der Waals surface area contributed by atoms with E-state index < -0.39 is 12.0 Å². The number of ether oxygens (including phenoxy) is 3. The van der Waals surface area contributed by atoms with Crippen LogP contribution in [0, 0.1) is 0 Å². The van der Waals surface area contributed by atoms with E-state index >= 15 is 0 Å². The summed E-state index contributed by atoms with van der Waals surface area (Å²) in [5.41, 5.74) is 1.91. The maximum atomic E-state index is 13.9. The van der Waals surface area contributed by atoms with Gasteiger partial charge in [0.1, 0.15) is 11.8 Å². The molecule has 0 saturated heterocycles. The number of allylic oxidation sites excluding steroid dienone is 1. The zero-order valence-corrected chi connectivity index (χ0v) is 24.9. The fourth-order valence-electron chi connectivity index (χ4n) is 4.25. The summed E-state index contributed by atoms with van der Waals surface area (Å²) in [6, 6.07) is 10.2. The van der Waals surface area contributed by atoms with Gasteiger partial charge in [-0.25, -0.2) is 9.79 Å². The quantitative estimate of drug-likeness (QED) is 0.316. The summed E-state index contributed by atoms with van der Waals surface area (Å²) in [6.07, 6.45) is 1.65. The molecular weight excluding hydrogens is 592 g/mol. The van der Waals surface area contributed by atoms with E-state index in [2.05, 4.69) is 20.9 Å². The van der Waals surface area contributed by atoms with Crippen LogP contribution in [0.5, 0.6) is 11.5 Å². The Morgan fingerprint density at radius 3 is 2.63 bits per heavy atom. The van der Waals surface area contributed by atoms with E-state index in [-0.39, 0.29) is 18.3 Å². The van der Waals surface area contributed by atoms with Gasteiger partial charge in [-0.3, -0.25) is 9.36 Å². The number of nitrogens with zero attached hydrogens (tertiary/aromatic N) is 2. The van der Waals surface area contributed by atoms with E-state index in [1.807, 2.05) is 51.1 Å². The lowest BCUT2D eigenvalue weighted by Gasteiger charge is -2.26. The molecule has 0 saturated carbocycles. The molecule has 1 aromatic heterocycles. The van der Waals surface area contributed by atoms with Gasteiger partial charge in [0, 0.05) is 5.56 Å². The average Bonchev–Trinajstić information content (AvgIpc) is 3.15. The number of hydrogen-bond donors (Lipinski definition) is 0. The average molecular weight is 620 g/mol. The molecule has 4 rings (SSSR count). The molecule has 1 aliphatic rings. The second-order valence-corrected chi connectivity index (χ2v) is 11.0. The second-order valence-electron chi connectivity index (χ2n) is 8.75. The van der Waals surface area contributed by atoms with Crippen LogP contribution in [0.15, 0.2) is 61.9 Å². The van der Waals surface area contributed by atoms with Gasteiger partial charge in [-0.15, -0.1) is 0 Å². The third-order valence-corrected chi connectivity index (χ3v) is 7.55. The molecular formula is C28H28BrClN2O5S. The second kappa shape index (κ2) is 11.9. The monoisotopic (exact) mass is 618 g/mol. The molecule has 0 spiro atoms. The highest BCUT2D eigenvalue weighted by atomic mass is 79.9. The first-order valence-electron chi connectivity index (χ1n) is 12.2. The highest BCUT2D eigenvalue weighted by Crippen LogP contribution is 2.37. The number of carbonyl (C=O) groups is 1. The number of rotatable bonds is 8. The number of aromatic nitrogens is 1. The highest BCUT2D eigenvalue weighted by molar-refractivity contribution is 9.10. The Labute approximate surface area is 238 Å². The Hall–Kier alpha value is -2.88. The van der Waals surface area contributed by atoms with E-state index in [0.29, 0.717) is 53.8 Å². The van der Waals surface area contributed by atoms with Crippen molar-refractivity contribution in [2.75, 3.05) is 13.2 Å². The van der Waals surface area contributed by atoms with Crippen LogP contribution in [0.25, 0.3) is 6.08 Å². The smallest absolute Gasteiger partial charge is 0.338 e. The minimum atomic E-state index is -0.766. The Morgan fingerprint density at radius 1 is 1.24 bits per heavy atom. The van der Waals surface area contributed by atoms with E-state index in [0.717, 1.165) is 5.56 Å². The van der Waals surface area contributed by atoms with E-state index in [4.69, 9.17) is 25.8 Å². The highest BCUT2D eigenvalue weighted by Gasteiger charge is 2.35. The molecule has 1 aliphatic heterocycles. The molecule has 2 aromatic carbocycles. The predicted molar refractivity (Wildman–Crippen MR) is 153 cm³/mol. The fraction of sp³-hybridized carbons (Fsp3) is 0.321. The fourth-order valence-corrected chi connectivity index (χ4v) is 6.29. The first-order chi connectivity index (χ1) is 18.2. The molecule has 3 aromatic rings. The van der Waals surface area contributed by atoms with E-state index in [9.17, 15) is 9.59 Å². The Bertz CT molecular complexity index is 1570. The van der Waals surface area contributed by atoms with Gasteiger partial charge in [0.15, 0.2) is 10.6 Å². The molecule has 0 aliphatic carbocycles. The van der Waals surface area contributed by atoms with Gasteiger partial charge in [-0.1, -0.05) is 41.1 Å². The molecule has 2 heterocycles. The number of halogens is 2. The summed E-state index contributed by atoms with van der Waals surface area (Å²) in [5, 5.41) is 0.429. The van der Waals surface area contributed by atoms with Gasteiger partial charge in [0.2, 0.25) is 0 Å². The lowest BCUT2D eigenvalue weighted by atomic mass is 9.95. The number of esters is 1. The van der Waals surface area contributed by atoms with Crippen molar-refractivity contribution >= 4 is 50.9 Å². The Balaban J connectivity index is 1.95. The molecule has 1 atom stereocenters. The van der Waals surface area contributed by atoms with Crippen LogP contribution in [-0.2, 0) is 9.53 Å². The van der Waals surface area contributed by atoms with Crippen LogP contribution in [-0.4, -0.2) is 29.9 Å². The van der Waals surface area contributed by atoms with Gasteiger partial charge in [-0.2, -0.15) is 0 Å². The first-order valence-corrected chi connectivity index (χ1v) is 14.2. The lowest BCUT2D eigenvalue weighted by molar-refractivity contribution is -0.139. The summed E-state index contributed by atoms with van der Waals surface area (Å²) in [7, 11) is 0. The van der Waals surface area contributed by atoms with E-state index in [1.54, 1.807) is 30.6 Å². The number of thiazole rings is 1. The van der Waals surface area contributed by atoms with Crippen LogP contribution in [0.1, 0.15) is 51.8 Å². The summed E-state index contributed by atoms with van der Waals surface area (Å²) < 4.78 is 19.7. The summed E-state index contributed by atoms with van der Waals surface area (Å²) in [5.74, 6) is 0.611. The van der Waals surface area contributed by atoms with Crippen molar-refractivity contribution in [2.24, 2.45) is 4.99 Å². The van der Waals surface area contributed by atoms with Crippen LogP contribution in [0.2, 0.25) is 5.02 Å². The van der Waals surface area contributed by atoms with Crippen molar-refractivity contribution in [1.82, 2.24) is 4.57 Å². The number of fused-ring (bicyclic) bond motifs is 1. The van der Waals surface area contributed by atoms with Crippen molar-refractivity contribution in [3.05, 3.63) is 88.0 Å². The maximum Gasteiger partial charge on any atom is 0.338 e. The number of para-hydroxylation sites is 1. The zero-order chi connectivity index (χ0) is 27.6. The minimum absolute atomic E-state index is 0.106. The van der Waals surface area contributed by atoms with Gasteiger partial charge < -0.3 is 14.2 Å². The number of hydrogen-bond acceptors (Lipinski definition) is 7. The molecule has 7 nitrogen and oxygen atoms in total. The molecule has 0 amide bonds. The molecule has 0 unspecified atom stereocenters. The largest absolute Gasteiger partial charge is 0.491 e. The van der Waals surface area contributed by atoms with Gasteiger partial charge >= 0.3 is 5.97 Å². The minimum Gasteiger partial charge on any atom is -0.491 e. The van der Waals surface area contributed by atoms with Crippen LogP contribution >= 0.6 is 38.9 Å². The number of benzene rings is 2. The normalized spacial score (nSPS) is 15.4. The van der Waals surface area contributed by atoms with Gasteiger partial charge in [0.05, 0.1) is 44.6 Å². The SMILES string of the molecule is CCOC(=O)C1=C(C)N=c2s/c(=C/c3cc(Cl)c(OCC)c(Br)c3)c(=O)n2[C@@H]1c1ccccc1OC(C)C. The van der Waals surface area contributed by atoms with Gasteiger partial charge in [0.25, 0.3) is 5.56 Å². The standard InChI is InChI=1S/C28H28BrClN2O5S/c1-6-35-25-19(29)12-17(13-20(25)30)14-22-26(33)32-24(18-10-8-9-11-21(18)37-15(3)4)23(27(34)36-7-2)16(5)31-28(32)38-22/h8-15,24H,6-7H2,1-5H3/b22-14+/t24-/m1/s1. The summed E-state index contributed by atoms with van der Waals surface area (Å²) in [4.78, 5) is 32.2. The number of carbonyl (C=O) groups excluding carboxylic acids is 1. The first kappa shape index (κ1) is 28.1. The molecule has 10 heteroatoms. The molecule has 0 radical (unpaired) electrons. The lowest BCUT2D eigenvalue weighted by Crippen LogP contribution is -2.40. The third-order valence-electron chi connectivity index (χ3n) is 5.70. The zero-order valence-electron chi connectivity index (χ0n) is 21.7. The van der Waals surface area contributed by atoms with Crippen LogP contribution in [0.4, 0.5) is 0 Å². The predicted octanol–water partition coefficient (Wildman–Crippen LogP) is 5.40. The van der Waals surface area contributed by atoms with E-state index in [1.165, 1.54) is 11.3 Å². The van der Waals surface area contributed by atoms with Crippen molar-refractivity contribution in [3.63, 3.8) is 0 Å². The Kier molecular flexibility index (Phi) is 8.80. The Morgan fingerprint density at radius 2 is 1.97 bits per heavy atom.